The zero-order valence-corrected chi connectivity index (χ0v) is 10.9. The van der Waals surface area contributed by atoms with Crippen molar-refractivity contribution in [2.75, 3.05) is 0 Å². The zero-order valence-electron chi connectivity index (χ0n) is 10.2. The lowest BCUT2D eigenvalue weighted by Gasteiger charge is -2.12. The summed E-state index contributed by atoms with van der Waals surface area (Å²) in [7, 11) is 0. The maximum absolute atomic E-state index is 13.8. The first-order valence-electron chi connectivity index (χ1n) is 5.53. The molecule has 0 aliphatic heterocycles. The maximum atomic E-state index is 13.8. The molecule has 0 amide bonds. The van der Waals surface area contributed by atoms with Gasteiger partial charge in [-0.3, -0.25) is 0 Å². The van der Waals surface area contributed by atoms with E-state index in [4.69, 9.17) is 16.9 Å². The van der Waals surface area contributed by atoms with Gasteiger partial charge in [0.15, 0.2) is 0 Å². The van der Waals surface area contributed by atoms with Crippen LogP contribution in [0.4, 0.5) is 17.6 Å². The Morgan fingerprint density at radius 1 is 1.10 bits per heavy atom. The molecule has 0 aromatic heterocycles. The Kier molecular flexibility index (Phi) is 3.79. The van der Waals surface area contributed by atoms with Crippen molar-refractivity contribution >= 4 is 11.6 Å². The molecule has 0 aliphatic rings. The number of phenolic OH excluding ortho intramolecular Hbond substituents is 1. The van der Waals surface area contributed by atoms with E-state index in [1.807, 2.05) is 0 Å². The zero-order chi connectivity index (χ0) is 15.8. The van der Waals surface area contributed by atoms with Gasteiger partial charge < -0.3 is 5.11 Å². The third-order valence-electron chi connectivity index (χ3n) is 2.79. The van der Waals surface area contributed by atoms with Crippen LogP contribution in [0.3, 0.4) is 0 Å². The summed E-state index contributed by atoms with van der Waals surface area (Å²) in [5, 5.41) is 18.5. The van der Waals surface area contributed by atoms with E-state index in [2.05, 4.69) is 0 Å². The van der Waals surface area contributed by atoms with Crippen LogP contribution < -0.4 is 0 Å². The third kappa shape index (κ3) is 2.93. The number of aromatic hydroxyl groups is 1. The van der Waals surface area contributed by atoms with Crippen molar-refractivity contribution in [3.8, 4) is 22.9 Å². The number of rotatable bonds is 1. The van der Waals surface area contributed by atoms with E-state index in [-0.39, 0.29) is 16.1 Å². The normalized spacial score (nSPS) is 11.2. The number of hydrogen-bond acceptors (Lipinski definition) is 2. The van der Waals surface area contributed by atoms with Gasteiger partial charge in [0.1, 0.15) is 17.6 Å². The van der Waals surface area contributed by atoms with E-state index in [0.29, 0.717) is 18.2 Å². The topological polar surface area (TPSA) is 44.0 Å². The quantitative estimate of drug-likeness (QED) is 0.772. The first-order chi connectivity index (χ1) is 9.74. The molecule has 0 fully saturated rings. The lowest BCUT2D eigenvalue weighted by atomic mass is 9.99. The van der Waals surface area contributed by atoms with Gasteiger partial charge in [0, 0.05) is 17.2 Å². The first kappa shape index (κ1) is 15.1. The second-order valence-corrected chi connectivity index (χ2v) is 4.56. The summed E-state index contributed by atoms with van der Waals surface area (Å²) in [4.78, 5) is 0. The molecule has 0 unspecified atom stereocenters. The van der Waals surface area contributed by atoms with Crippen molar-refractivity contribution in [1.29, 1.82) is 5.26 Å². The summed E-state index contributed by atoms with van der Waals surface area (Å²) in [6, 6.07) is 5.54. The molecule has 108 valence electrons. The molecule has 0 spiro atoms. The Morgan fingerprint density at radius 2 is 1.76 bits per heavy atom. The van der Waals surface area contributed by atoms with Crippen molar-refractivity contribution in [1.82, 2.24) is 0 Å². The van der Waals surface area contributed by atoms with E-state index < -0.39 is 28.9 Å². The highest BCUT2D eigenvalue weighted by atomic mass is 35.5. The second-order valence-electron chi connectivity index (χ2n) is 4.15. The van der Waals surface area contributed by atoms with Gasteiger partial charge >= 0.3 is 6.18 Å². The predicted octanol–water partition coefficient (Wildman–Crippen LogP) is 4.74. The van der Waals surface area contributed by atoms with Crippen molar-refractivity contribution < 1.29 is 22.7 Å². The fourth-order valence-electron chi connectivity index (χ4n) is 1.77. The minimum Gasteiger partial charge on any atom is -0.507 e. The summed E-state index contributed by atoms with van der Waals surface area (Å²) in [5.41, 5.74) is -1.84. The molecule has 0 heterocycles. The highest BCUT2D eigenvalue weighted by molar-refractivity contribution is 6.32. The van der Waals surface area contributed by atoms with Gasteiger partial charge in [-0.1, -0.05) is 11.6 Å². The number of benzene rings is 2. The molecule has 0 bridgehead atoms. The third-order valence-corrected chi connectivity index (χ3v) is 3.10. The molecule has 7 heteroatoms. The van der Waals surface area contributed by atoms with Gasteiger partial charge in [0.2, 0.25) is 0 Å². The van der Waals surface area contributed by atoms with E-state index >= 15 is 0 Å². The van der Waals surface area contributed by atoms with E-state index in [0.717, 1.165) is 12.1 Å². The van der Waals surface area contributed by atoms with Crippen LogP contribution in [0, 0.1) is 17.1 Å². The average molecular weight is 316 g/mol. The number of alkyl halides is 3. The van der Waals surface area contributed by atoms with Crippen molar-refractivity contribution in [2.24, 2.45) is 0 Å². The highest BCUT2D eigenvalue weighted by Gasteiger charge is 2.31. The molecule has 2 aromatic rings. The molecular formula is C14H6ClF4NO. The SMILES string of the molecule is N#Cc1cc(-c2cc(C(F)(F)F)ccc2F)c(O)cc1Cl. The molecule has 1 N–H and O–H groups in total. The van der Waals surface area contributed by atoms with Gasteiger partial charge in [-0.05, 0) is 24.3 Å². The summed E-state index contributed by atoms with van der Waals surface area (Å²) >= 11 is 5.68. The molecule has 2 nitrogen and oxygen atoms in total. The lowest BCUT2D eigenvalue weighted by molar-refractivity contribution is -0.137. The smallest absolute Gasteiger partial charge is 0.416 e. The van der Waals surface area contributed by atoms with E-state index in [1.54, 1.807) is 6.07 Å². The largest absolute Gasteiger partial charge is 0.507 e. The number of halogens is 5. The summed E-state index contributed by atoms with van der Waals surface area (Å²) in [6.45, 7) is 0. The standard InChI is InChI=1S/C14H6ClF4NO/c15-11-5-13(21)10(3-7(11)6-20)9-4-8(14(17,18)19)1-2-12(9)16/h1-5,21H. The molecule has 0 atom stereocenters. The van der Waals surface area contributed by atoms with Crippen LogP contribution in [0.5, 0.6) is 5.75 Å². The summed E-state index contributed by atoms with van der Waals surface area (Å²) < 4.78 is 51.8. The molecule has 0 saturated carbocycles. The Bertz CT molecular complexity index is 750. The fraction of sp³-hybridized carbons (Fsp3) is 0.0714. The molecule has 0 saturated heterocycles. The van der Waals surface area contributed by atoms with E-state index in [9.17, 15) is 22.7 Å². The van der Waals surface area contributed by atoms with Crippen LogP contribution in [-0.4, -0.2) is 5.11 Å². The maximum Gasteiger partial charge on any atom is 0.416 e. The minimum absolute atomic E-state index is 0.0777. The van der Waals surface area contributed by atoms with E-state index in [1.165, 1.54) is 0 Å². The Hall–Kier alpha value is -2.26. The summed E-state index contributed by atoms with van der Waals surface area (Å²) in [5.74, 6) is -1.47. The predicted molar refractivity (Wildman–Crippen MR) is 68.2 cm³/mol. The first-order valence-corrected chi connectivity index (χ1v) is 5.91. The van der Waals surface area contributed by atoms with Crippen LogP contribution in [0.2, 0.25) is 5.02 Å². The molecular weight excluding hydrogens is 310 g/mol. The van der Waals surface area contributed by atoms with Crippen molar-refractivity contribution in [2.45, 2.75) is 6.18 Å². The highest BCUT2D eigenvalue weighted by Crippen LogP contribution is 2.38. The number of nitrogens with zero attached hydrogens (tertiary/aromatic N) is 1. The number of phenols is 1. The van der Waals surface area contributed by atoms with Gasteiger partial charge in [0.25, 0.3) is 0 Å². The Morgan fingerprint density at radius 3 is 2.33 bits per heavy atom. The fourth-order valence-corrected chi connectivity index (χ4v) is 1.97. The molecule has 2 aromatic carbocycles. The summed E-state index contributed by atoms with van der Waals surface area (Å²) in [6.07, 6.45) is -4.65. The molecule has 0 aliphatic carbocycles. The number of nitriles is 1. The van der Waals surface area contributed by atoms with Crippen molar-refractivity contribution in [3.63, 3.8) is 0 Å². The molecule has 2 rings (SSSR count). The van der Waals surface area contributed by atoms with Crippen LogP contribution in [0.1, 0.15) is 11.1 Å². The average Bonchev–Trinajstić information content (AvgIpc) is 2.39. The monoisotopic (exact) mass is 315 g/mol. The number of hydrogen-bond donors (Lipinski definition) is 1. The Labute approximate surface area is 121 Å². The minimum atomic E-state index is -4.65. The van der Waals surface area contributed by atoms with Crippen LogP contribution in [-0.2, 0) is 6.18 Å². The van der Waals surface area contributed by atoms with Gasteiger partial charge in [-0.15, -0.1) is 0 Å². The Balaban J connectivity index is 2.70. The van der Waals surface area contributed by atoms with Crippen LogP contribution in [0.15, 0.2) is 30.3 Å². The van der Waals surface area contributed by atoms with Gasteiger partial charge in [0.05, 0.1) is 16.1 Å². The molecule has 0 radical (unpaired) electrons. The van der Waals surface area contributed by atoms with Crippen LogP contribution in [0.25, 0.3) is 11.1 Å². The lowest BCUT2D eigenvalue weighted by Crippen LogP contribution is -2.05. The van der Waals surface area contributed by atoms with Crippen molar-refractivity contribution in [3.05, 3.63) is 52.3 Å². The second kappa shape index (κ2) is 5.26. The van der Waals surface area contributed by atoms with Gasteiger partial charge in [-0.25, -0.2) is 4.39 Å². The van der Waals surface area contributed by atoms with Crippen LogP contribution >= 0.6 is 11.6 Å². The molecule has 21 heavy (non-hydrogen) atoms. The van der Waals surface area contributed by atoms with Gasteiger partial charge in [-0.2, -0.15) is 18.4 Å².